The Morgan fingerprint density at radius 1 is 1.75 bits per heavy atom. The molecule has 5 heteroatoms. The van der Waals surface area contributed by atoms with Crippen LogP contribution in [0, 0.1) is 0 Å². The van der Waals surface area contributed by atoms with Crippen LogP contribution in [-0.4, -0.2) is 33.5 Å². The monoisotopic (exact) mass is 187 g/mol. The number of hydrogen-bond donors (Lipinski definition) is 3. The number of aromatic amines is 1. The number of aliphatic hydroxyl groups excluding tert-OH is 1. The van der Waals surface area contributed by atoms with Crippen LogP contribution >= 0.6 is 11.8 Å². The number of nitrogens with one attached hydrogen (secondary N) is 1. The Bertz CT molecular complexity index is 202. The molecule has 0 spiro atoms. The minimum atomic E-state index is -0.382. The van der Waals surface area contributed by atoms with E-state index in [9.17, 15) is 0 Å². The average molecular weight is 187 g/mol. The zero-order chi connectivity index (χ0) is 8.81. The number of rotatable bonds is 5. The second-order valence-corrected chi connectivity index (χ2v) is 3.50. The number of nitrogens with zero attached hydrogens (tertiary/aromatic N) is 1. The molecule has 0 saturated carbocycles. The molecule has 0 aliphatic heterocycles. The first kappa shape index (κ1) is 9.57. The lowest BCUT2D eigenvalue weighted by atomic mass is 10.3. The zero-order valence-corrected chi connectivity index (χ0v) is 7.55. The van der Waals surface area contributed by atoms with E-state index in [1.807, 2.05) is 0 Å². The van der Waals surface area contributed by atoms with E-state index in [2.05, 4.69) is 9.97 Å². The van der Waals surface area contributed by atoms with Crippen LogP contribution in [0.4, 0.5) is 0 Å². The van der Waals surface area contributed by atoms with Crippen molar-refractivity contribution in [3.05, 3.63) is 12.4 Å². The SMILES string of the molecule is NCC(O)CCSc1ncc[nH]1. The summed E-state index contributed by atoms with van der Waals surface area (Å²) in [7, 11) is 0. The number of H-pyrrole nitrogens is 1. The normalized spacial score (nSPS) is 13.2. The van der Waals surface area contributed by atoms with Gasteiger partial charge < -0.3 is 15.8 Å². The highest BCUT2D eigenvalue weighted by Gasteiger charge is 2.01. The van der Waals surface area contributed by atoms with Crippen LogP contribution in [0.2, 0.25) is 0 Å². The Morgan fingerprint density at radius 2 is 2.58 bits per heavy atom. The van der Waals surface area contributed by atoms with Crippen LogP contribution in [0.15, 0.2) is 17.6 Å². The van der Waals surface area contributed by atoms with Gasteiger partial charge >= 0.3 is 0 Å². The van der Waals surface area contributed by atoms with Gasteiger partial charge in [-0.25, -0.2) is 4.98 Å². The van der Waals surface area contributed by atoms with E-state index in [-0.39, 0.29) is 6.10 Å². The second kappa shape index (κ2) is 5.18. The van der Waals surface area contributed by atoms with Crippen molar-refractivity contribution in [3.8, 4) is 0 Å². The molecule has 0 radical (unpaired) electrons. The summed E-state index contributed by atoms with van der Waals surface area (Å²) < 4.78 is 0. The summed E-state index contributed by atoms with van der Waals surface area (Å²) in [4.78, 5) is 7.00. The Balaban J connectivity index is 2.11. The van der Waals surface area contributed by atoms with Gasteiger partial charge in [0.15, 0.2) is 5.16 Å². The molecule has 0 bridgehead atoms. The second-order valence-electron chi connectivity index (χ2n) is 2.42. The lowest BCUT2D eigenvalue weighted by Crippen LogP contribution is -2.20. The molecule has 1 aromatic rings. The molecule has 1 atom stereocenters. The van der Waals surface area contributed by atoms with Crippen molar-refractivity contribution >= 4 is 11.8 Å². The van der Waals surface area contributed by atoms with Crippen LogP contribution in [-0.2, 0) is 0 Å². The maximum Gasteiger partial charge on any atom is 0.165 e. The predicted octanol–water partition coefficient (Wildman–Crippen LogP) is 0.211. The lowest BCUT2D eigenvalue weighted by molar-refractivity contribution is 0.180. The average Bonchev–Trinajstić information content (AvgIpc) is 2.57. The van der Waals surface area contributed by atoms with Gasteiger partial charge in [-0.2, -0.15) is 0 Å². The fourth-order valence-electron chi connectivity index (χ4n) is 0.739. The van der Waals surface area contributed by atoms with Gasteiger partial charge in [-0.05, 0) is 6.42 Å². The van der Waals surface area contributed by atoms with Crippen LogP contribution in [0.1, 0.15) is 6.42 Å². The number of aromatic nitrogens is 2. The van der Waals surface area contributed by atoms with Gasteiger partial charge in [-0.15, -0.1) is 0 Å². The van der Waals surface area contributed by atoms with Crippen molar-refractivity contribution in [1.29, 1.82) is 0 Å². The molecular formula is C7H13N3OS. The Morgan fingerprint density at radius 3 is 3.17 bits per heavy atom. The summed E-state index contributed by atoms with van der Waals surface area (Å²) in [5.41, 5.74) is 5.25. The molecule has 68 valence electrons. The molecule has 12 heavy (non-hydrogen) atoms. The van der Waals surface area contributed by atoms with Crippen molar-refractivity contribution in [3.63, 3.8) is 0 Å². The fraction of sp³-hybridized carbons (Fsp3) is 0.571. The van der Waals surface area contributed by atoms with Crippen molar-refractivity contribution in [2.45, 2.75) is 17.7 Å². The van der Waals surface area contributed by atoms with E-state index in [1.54, 1.807) is 24.2 Å². The molecule has 0 aliphatic rings. The van der Waals surface area contributed by atoms with E-state index in [1.165, 1.54) is 0 Å². The highest BCUT2D eigenvalue weighted by atomic mass is 32.2. The van der Waals surface area contributed by atoms with Gasteiger partial charge in [-0.1, -0.05) is 11.8 Å². The van der Waals surface area contributed by atoms with Gasteiger partial charge in [0.1, 0.15) is 0 Å². The molecule has 4 N–H and O–H groups in total. The minimum absolute atomic E-state index is 0.332. The summed E-state index contributed by atoms with van der Waals surface area (Å²) >= 11 is 1.59. The predicted molar refractivity (Wildman–Crippen MR) is 49.0 cm³/mol. The zero-order valence-electron chi connectivity index (χ0n) is 6.73. The van der Waals surface area contributed by atoms with Gasteiger partial charge in [-0.3, -0.25) is 0 Å². The molecule has 1 rings (SSSR count). The molecule has 1 aromatic heterocycles. The van der Waals surface area contributed by atoms with Crippen molar-refractivity contribution in [1.82, 2.24) is 9.97 Å². The lowest BCUT2D eigenvalue weighted by Gasteiger charge is -2.04. The van der Waals surface area contributed by atoms with Crippen molar-refractivity contribution in [2.75, 3.05) is 12.3 Å². The highest BCUT2D eigenvalue weighted by Crippen LogP contribution is 2.13. The molecule has 0 fully saturated rings. The van der Waals surface area contributed by atoms with Crippen molar-refractivity contribution in [2.24, 2.45) is 5.73 Å². The number of nitrogens with two attached hydrogens (primary N) is 1. The first-order valence-electron chi connectivity index (χ1n) is 3.83. The van der Waals surface area contributed by atoms with E-state index in [4.69, 9.17) is 10.8 Å². The first-order chi connectivity index (χ1) is 5.83. The number of thioether (sulfide) groups is 1. The van der Waals surface area contributed by atoms with E-state index >= 15 is 0 Å². The molecule has 4 nitrogen and oxygen atoms in total. The molecule has 1 heterocycles. The van der Waals surface area contributed by atoms with E-state index < -0.39 is 0 Å². The molecule has 0 aromatic carbocycles. The van der Waals surface area contributed by atoms with Crippen LogP contribution in [0.3, 0.4) is 0 Å². The Hall–Kier alpha value is -0.520. The third-order valence-corrected chi connectivity index (χ3v) is 2.37. The standard InChI is InChI=1S/C7H13N3OS/c8-5-6(11)1-4-12-7-9-2-3-10-7/h2-3,6,11H,1,4-5,8H2,(H,9,10). The summed E-state index contributed by atoms with van der Waals surface area (Å²) in [6.45, 7) is 0.332. The third kappa shape index (κ3) is 3.25. The highest BCUT2D eigenvalue weighted by molar-refractivity contribution is 7.99. The Kier molecular flexibility index (Phi) is 4.13. The quantitative estimate of drug-likeness (QED) is 0.576. The topological polar surface area (TPSA) is 74.9 Å². The summed E-state index contributed by atoms with van der Waals surface area (Å²) in [6, 6.07) is 0. The van der Waals surface area contributed by atoms with Crippen LogP contribution in [0.5, 0.6) is 0 Å². The smallest absolute Gasteiger partial charge is 0.165 e. The largest absolute Gasteiger partial charge is 0.392 e. The minimum Gasteiger partial charge on any atom is -0.392 e. The molecule has 1 unspecified atom stereocenters. The Labute approximate surface area is 75.6 Å². The summed E-state index contributed by atoms with van der Waals surface area (Å²) in [5.74, 6) is 0.839. The van der Waals surface area contributed by atoms with Gasteiger partial charge in [0.25, 0.3) is 0 Å². The maximum absolute atomic E-state index is 9.12. The number of aliphatic hydroxyl groups is 1. The van der Waals surface area contributed by atoms with Gasteiger partial charge in [0.05, 0.1) is 6.10 Å². The molecular weight excluding hydrogens is 174 g/mol. The van der Waals surface area contributed by atoms with Crippen molar-refractivity contribution < 1.29 is 5.11 Å². The fourth-order valence-corrected chi connectivity index (χ4v) is 1.61. The van der Waals surface area contributed by atoms with E-state index in [0.717, 1.165) is 10.9 Å². The van der Waals surface area contributed by atoms with Crippen LogP contribution in [0.25, 0.3) is 0 Å². The molecule has 0 saturated heterocycles. The van der Waals surface area contributed by atoms with Gasteiger partial charge in [0, 0.05) is 24.7 Å². The maximum atomic E-state index is 9.12. The number of hydrogen-bond acceptors (Lipinski definition) is 4. The molecule has 0 amide bonds. The summed E-state index contributed by atoms with van der Waals surface area (Å²) in [5, 5.41) is 10.0. The van der Waals surface area contributed by atoms with Gasteiger partial charge in [0.2, 0.25) is 0 Å². The number of imidazole rings is 1. The first-order valence-corrected chi connectivity index (χ1v) is 4.82. The van der Waals surface area contributed by atoms with Crippen LogP contribution < -0.4 is 5.73 Å². The van der Waals surface area contributed by atoms with E-state index in [0.29, 0.717) is 13.0 Å². The third-order valence-electron chi connectivity index (χ3n) is 1.44. The molecule has 0 aliphatic carbocycles. The summed E-state index contributed by atoms with van der Waals surface area (Å²) in [6.07, 6.45) is 3.82.